The molecule has 31 heavy (non-hydrogen) atoms. The highest BCUT2D eigenvalue weighted by atomic mass is 35.5. The third-order valence-electron chi connectivity index (χ3n) is 5.08. The molecule has 0 spiro atoms. The molecule has 2 aromatic carbocycles. The van der Waals surface area contributed by atoms with Gasteiger partial charge in [-0.1, -0.05) is 23.4 Å². The molecule has 1 aliphatic heterocycles. The van der Waals surface area contributed by atoms with Crippen LogP contribution in [0.1, 0.15) is 12.8 Å². The third kappa shape index (κ3) is 5.47. The standard InChI is InChI=1S/C23H23ClFN3O2S/c24-18-5-9-20(10-6-18)28-21(17-3-7-19(25)8-4-17)16-26-23(28)31-15-1-2-22(29)27-11-13-30-14-12-27/h3-10,16H,1-2,11-15H2. The third-order valence-corrected chi connectivity index (χ3v) is 6.38. The van der Waals surface area contributed by atoms with E-state index < -0.39 is 0 Å². The van der Waals surface area contributed by atoms with Crippen LogP contribution in [0.4, 0.5) is 4.39 Å². The molecule has 0 N–H and O–H groups in total. The molecule has 1 saturated heterocycles. The van der Waals surface area contributed by atoms with Gasteiger partial charge in [0.2, 0.25) is 5.91 Å². The van der Waals surface area contributed by atoms with E-state index in [1.54, 1.807) is 30.1 Å². The lowest BCUT2D eigenvalue weighted by molar-refractivity contribution is -0.135. The largest absolute Gasteiger partial charge is 0.378 e. The number of ether oxygens (including phenoxy) is 1. The van der Waals surface area contributed by atoms with Gasteiger partial charge in [-0.05, 0) is 55.0 Å². The van der Waals surface area contributed by atoms with Gasteiger partial charge in [-0.3, -0.25) is 9.36 Å². The summed E-state index contributed by atoms with van der Waals surface area (Å²) in [5.74, 6) is 0.668. The monoisotopic (exact) mass is 459 g/mol. The summed E-state index contributed by atoms with van der Waals surface area (Å²) in [6.07, 6.45) is 3.07. The van der Waals surface area contributed by atoms with Crippen molar-refractivity contribution in [3.05, 3.63) is 65.6 Å². The molecule has 162 valence electrons. The first kappa shape index (κ1) is 21.9. The van der Waals surface area contributed by atoms with Gasteiger partial charge in [0.15, 0.2) is 5.16 Å². The van der Waals surface area contributed by atoms with Gasteiger partial charge < -0.3 is 9.64 Å². The number of rotatable bonds is 7. The molecule has 4 rings (SSSR count). The van der Waals surface area contributed by atoms with E-state index in [2.05, 4.69) is 4.98 Å². The Morgan fingerprint density at radius 1 is 1.10 bits per heavy atom. The molecule has 1 aliphatic rings. The summed E-state index contributed by atoms with van der Waals surface area (Å²) in [6, 6.07) is 13.9. The molecular weight excluding hydrogens is 437 g/mol. The van der Waals surface area contributed by atoms with Crippen molar-refractivity contribution in [3.8, 4) is 16.9 Å². The van der Waals surface area contributed by atoms with Crippen LogP contribution in [0.5, 0.6) is 0 Å². The number of carbonyl (C=O) groups is 1. The van der Waals surface area contributed by atoms with Crippen molar-refractivity contribution in [3.63, 3.8) is 0 Å². The van der Waals surface area contributed by atoms with Gasteiger partial charge in [0.1, 0.15) is 5.82 Å². The average Bonchev–Trinajstić information content (AvgIpc) is 3.22. The van der Waals surface area contributed by atoms with E-state index >= 15 is 0 Å². The molecule has 8 heteroatoms. The number of carbonyl (C=O) groups excluding carboxylic acids is 1. The fourth-order valence-electron chi connectivity index (χ4n) is 3.46. The van der Waals surface area contributed by atoms with Gasteiger partial charge in [-0.25, -0.2) is 9.37 Å². The molecule has 0 radical (unpaired) electrons. The minimum Gasteiger partial charge on any atom is -0.378 e. The molecule has 1 aromatic heterocycles. The summed E-state index contributed by atoms with van der Waals surface area (Å²) in [5.41, 5.74) is 2.67. The van der Waals surface area contributed by atoms with Crippen molar-refractivity contribution >= 4 is 29.3 Å². The number of hydrogen-bond acceptors (Lipinski definition) is 4. The highest BCUT2D eigenvalue weighted by Gasteiger charge is 2.17. The predicted octanol–water partition coefficient (Wildman–Crippen LogP) is 5.06. The van der Waals surface area contributed by atoms with Crippen LogP contribution >= 0.6 is 23.4 Å². The fraction of sp³-hybridized carbons (Fsp3) is 0.304. The summed E-state index contributed by atoms with van der Waals surface area (Å²) in [6.45, 7) is 2.58. The van der Waals surface area contributed by atoms with Gasteiger partial charge >= 0.3 is 0 Å². The summed E-state index contributed by atoms with van der Waals surface area (Å²) in [4.78, 5) is 18.8. The van der Waals surface area contributed by atoms with Crippen molar-refractivity contribution in [2.45, 2.75) is 18.0 Å². The number of benzene rings is 2. The molecule has 1 amide bonds. The lowest BCUT2D eigenvalue weighted by Gasteiger charge is -2.26. The highest BCUT2D eigenvalue weighted by molar-refractivity contribution is 7.99. The zero-order valence-corrected chi connectivity index (χ0v) is 18.5. The van der Waals surface area contributed by atoms with Crippen LogP contribution < -0.4 is 0 Å². The number of imidazole rings is 1. The molecule has 0 bridgehead atoms. The van der Waals surface area contributed by atoms with Crippen molar-refractivity contribution in [2.75, 3.05) is 32.1 Å². The van der Waals surface area contributed by atoms with Gasteiger partial charge in [0, 0.05) is 41.5 Å². The van der Waals surface area contributed by atoms with Crippen LogP contribution in [0.3, 0.4) is 0 Å². The molecule has 0 atom stereocenters. The lowest BCUT2D eigenvalue weighted by Crippen LogP contribution is -2.40. The van der Waals surface area contributed by atoms with Gasteiger partial charge in [-0.15, -0.1) is 0 Å². The quantitative estimate of drug-likeness (QED) is 0.366. The van der Waals surface area contributed by atoms with Crippen LogP contribution in [-0.2, 0) is 9.53 Å². The van der Waals surface area contributed by atoms with Crippen molar-refractivity contribution in [1.82, 2.24) is 14.5 Å². The van der Waals surface area contributed by atoms with E-state index in [1.165, 1.54) is 12.1 Å². The Morgan fingerprint density at radius 2 is 1.81 bits per heavy atom. The fourth-order valence-corrected chi connectivity index (χ4v) is 4.52. The first-order valence-electron chi connectivity index (χ1n) is 10.2. The van der Waals surface area contributed by atoms with Gasteiger partial charge in [-0.2, -0.15) is 0 Å². The van der Waals surface area contributed by atoms with Crippen LogP contribution in [-0.4, -0.2) is 52.4 Å². The van der Waals surface area contributed by atoms with E-state index in [9.17, 15) is 9.18 Å². The molecular formula is C23H23ClFN3O2S. The summed E-state index contributed by atoms with van der Waals surface area (Å²) >= 11 is 7.67. The maximum Gasteiger partial charge on any atom is 0.222 e. The molecule has 3 aromatic rings. The highest BCUT2D eigenvalue weighted by Crippen LogP contribution is 2.31. The van der Waals surface area contributed by atoms with Crippen LogP contribution in [0.2, 0.25) is 5.02 Å². The minimum absolute atomic E-state index is 0.178. The van der Waals surface area contributed by atoms with Gasteiger partial charge in [0.25, 0.3) is 0 Å². The van der Waals surface area contributed by atoms with E-state index in [4.69, 9.17) is 16.3 Å². The topological polar surface area (TPSA) is 47.4 Å². The molecule has 0 unspecified atom stereocenters. The zero-order chi connectivity index (χ0) is 21.6. The zero-order valence-electron chi connectivity index (χ0n) is 17.0. The predicted molar refractivity (Wildman–Crippen MR) is 121 cm³/mol. The Kier molecular flexibility index (Phi) is 7.27. The minimum atomic E-state index is -0.277. The number of morpholine rings is 1. The summed E-state index contributed by atoms with van der Waals surface area (Å²) in [5, 5.41) is 1.48. The van der Waals surface area contributed by atoms with Crippen molar-refractivity contribution in [2.24, 2.45) is 0 Å². The Labute approximate surface area is 190 Å². The van der Waals surface area contributed by atoms with Crippen LogP contribution in [0.15, 0.2) is 59.9 Å². The second-order valence-electron chi connectivity index (χ2n) is 7.19. The lowest BCUT2D eigenvalue weighted by atomic mass is 10.1. The first-order chi connectivity index (χ1) is 15.1. The SMILES string of the molecule is O=C(CCCSc1ncc(-c2ccc(F)cc2)n1-c1ccc(Cl)cc1)N1CCOCC1. The van der Waals surface area contributed by atoms with E-state index in [-0.39, 0.29) is 11.7 Å². The van der Waals surface area contributed by atoms with Gasteiger partial charge in [0.05, 0.1) is 25.1 Å². The Bertz CT molecular complexity index is 1020. The summed E-state index contributed by atoms with van der Waals surface area (Å²) < 4.78 is 20.7. The molecule has 0 aliphatic carbocycles. The Morgan fingerprint density at radius 3 is 2.52 bits per heavy atom. The number of amides is 1. The maximum atomic E-state index is 13.4. The number of hydrogen-bond donors (Lipinski definition) is 0. The average molecular weight is 460 g/mol. The first-order valence-corrected chi connectivity index (χ1v) is 11.6. The number of aromatic nitrogens is 2. The summed E-state index contributed by atoms with van der Waals surface area (Å²) in [7, 11) is 0. The number of nitrogens with zero attached hydrogens (tertiary/aromatic N) is 3. The molecule has 2 heterocycles. The van der Waals surface area contributed by atoms with E-state index in [0.717, 1.165) is 34.3 Å². The normalized spacial score (nSPS) is 14.1. The van der Waals surface area contributed by atoms with E-state index in [1.807, 2.05) is 33.7 Å². The van der Waals surface area contributed by atoms with E-state index in [0.29, 0.717) is 37.7 Å². The second kappa shape index (κ2) is 10.3. The smallest absolute Gasteiger partial charge is 0.222 e. The number of thioether (sulfide) groups is 1. The second-order valence-corrected chi connectivity index (χ2v) is 8.69. The maximum absolute atomic E-state index is 13.4. The number of halogens is 2. The van der Waals surface area contributed by atoms with Crippen molar-refractivity contribution < 1.29 is 13.9 Å². The van der Waals surface area contributed by atoms with Crippen molar-refractivity contribution in [1.29, 1.82) is 0 Å². The Hall–Kier alpha value is -2.35. The molecule has 0 saturated carbocycles. The Balaban J connectivity index is 1.48. The molecule has 5 nitrogen and oxygen atoms in total. The molecule has 1 fully saturated rings. The van der Waals surface area contributed by atoms with Crippen LogP contribution in [0, 0.1) is 5.82 Å². The van der Waals surface area contributed by atoms with Crippen LogP contribution in [0.25, 0.3) is 16.9 Å².